The fourth-order valence-corrected chi connectivity index (χ4v) is 2.78. The van der Waals surface area contributed by atoms with Gasteiger partial charge in [-0.05, 0) is 18.8 Å². The average molecular weight is 249 g/mol. The lowest BCUT2D eigenvalue weighted by atomic mass is 9.75. The van der Waals surface area contributed by atoms with Gasteiger partial charge in [-0.1, -0.05) is 6.92 Å². The van der Waals surface area contributed by atoms with Crippen molar-refractivity contribution in [2.24, 2.45) is 17.6 Å². The molecular weight excluding hydrogens is 230 g/mol. The molecule has 0 aromatic rings. The van der Waals surface area contributed by atoms with Gasteiger partial charge in [-0.25, -0.2) is 0 Å². The molecule has 1 aliphatic rings. The van der Waals surface area contributed by atoms with E-state index in [0.717, 1.165) is 0 Å². The number of rotatable bonds is 3. The summed E-state index contributed by atoms with van der Waals surface area (Å²) in [4.78, 5) is 10.6. The monoisotopic (exact) mass is 249 g/mol. The first-order valence-electron chi connectivity index (χ1n) is 5.37. The number of carbonyl (C=O) groups is 1. The summed E-state index contributed by atoms with van der Waals surface area (Å²) in [6.45, 7) is 1.73. The Morgan fingerprint density at radius 2 is 2.06 bits per heavy atom. The Hall–Kier alpha value is -0.300. The number of carboxylic acids is 1. The summed E-state index contributed by atoms with van der Waals surface area (Å²) in [6, 6.07) is -0.970. The van der Waals surface area contributed by atoms with Crippen molar-refractivity contribution in [3.63, 3.8) is 0 Å². The highest BCUT2D eigenvalue weighted by molar-refractivity contribution is 7.81. The van der Waals surface area contributed by atoms with Crippen LogP contribution in [0.2, 0.25) is 0 Å². The molecule has 0 aromatic carbocycles. The van der Waals surface area contributed by atoms with E-state index in [0.29, 0.717) is 6.42 Å². The number of aliphatic hydroxyl groups is 2. The number of aliphatic hydroxyl groups excluding tert-OH is 2. The van der Waals surface area contributed by atoms with Crippen LogP contribution >= 0.6 is 12.6 Å². The lowest BCUT2D eigenvalue weighted by Gasteiger charge is -2.40. The van der Waals surface area contributed by atoms with E-state index in [-0.39, 0.29) is 23.5 Å². The first kappa shape index (κ1) is 13.8. The number of aliphatic carboxylic acids is 1. The number of nitrogens with two attached hydrogens (primary N) is 1. The minimum absolute atomic E-state index is 0.213. The van der Waals surface area contributed by atoms with Gasteiger partial charge in [0.15, 0.2) is 0 Å². The molecule has 94 valence electrons. The molecule has 0 bridgehead atoms. The number of carboxylic acid groups (broad SMARTS) is 1. The van der Waals surface area contributed by atoms with Gasteiger partial charge in [0.05, 0.1) is 12.2 Å². The van der Waals surface area contributed by atoms with E-state index in [1.807, 2.05) is 0 Å². The molecule has 0 aromatic heterocycles. The third kappa shape index (κ3) is 2.88. The standard InChI is InChI=1S/C10H19NO4S/c1-4-8(12)5(2-6(11)10(14)15)3-7(16)9(4)13/h4-9,12-13,16H,2-3,11H2,1H3,(H,14,15). The molecule has 0 radical (unpaired) electrons. The number of thiol groups is 1. The normalized spacial score (nSPS) is 41.7. The van der Waals surface area contributed by atoms with Crippen LogP contribution in [0, 0.1) is 11.8 Å². The fraction of sp³-hybridized carbons (Fsp3) is 0.900. The van der Waals surface area contributed by atoms with Crippen LogP contribution in [0.5, 0.6) is 0 Å². The van der Waals surface area contributed by atoms with Gasteiger partial charge in [0.1, 0.15) is 6.04 Å². The molecule has 16 heavy (non-hydrogen) atoms. The SMILES string of the molecule is CC1C(O)C(S)CC(CC(N)C(=O)O)C1O. The lowest BCUT2D eigenvalue weighted by Crippen LogP contribution is -2.48. The van der Waals surface area contributed by atoms with Crippen LogP contribution in [0.4, 0.5) is 0 Å². The van der Waals surface area contributed by atoms with Gasteiger partial charge in [0.25, 0.3) is 0 Å². The topological polar surface area (TPSA) is 104 Å². The smallest absolute Gasteiger partial charge is 0.320 e. The number of hydrogen-bond donors (Lipinski definition) is 5. The Balaban J connectivity index is 2.63. The second-order valence-corrected chi connectivity index (χ2v) is 5.25. The van der Waals surface area contributed by atoms with Crippen molar-refractivity contribution in [1.82, 2.24) is 0 Å². The van der Waals surface area contributed by atoms with Crippen molar-refractivity contribution in [2.75, 3.05) is 0 Å². The minimum Gasteiger partial charge on any atom is -0.480 e. The summed E-state index contributed by atoms with van der Waals surface area (Å²) in [5.74, 6) is -1.59. The van der Waals surface area contributed by atoms with Crippen molar-refractivity contribution >= 4 is 18.6 Å². The molecule has 6 unspecified atom stereocenters. The molecule has 0 spiro atoms. The van der Waals surface area contributed by atoms with Crippen molar-refractivity contribution in [2.45, 2.75) is 43.3 Å². The third-order valence-electron chi connectivity index (χ3n) is 3.37. The third-order valence-corrected chi connectivity index (χ3v) is 3.89. The maximum atomic E-state index is 10.6. The van der Waals surface area contributed by atoms with E-state index in [1.165, 1.54) is 0 Å². The molecule has 1 aliphatic carbocycles. The molecule has 5 nitrogen and oxygen atoms in total. The maximum Gasteiger partial charge on any atom is 0.320 e. The quantitative estimate of drug-likeness (QED) is 0.432. The predicted octanol–water partition coefficient (Wildman–Crippen LogP) is -0.535. The van der Waals surface area contributed by atoms with Gasteiger partial charge in [0.2, 0.25) is 0 Å². The van der Waals surface area contributed by atoms with Crippen LogP contribution < -0.4 is 5.73 Å². The minimum atomic E-state index is -1.07. The van der Waals surface area contributed by atoms with Crippen LogP contribution in [0.3, 0.4) is 0 Å². The van der Waals surface area contributed by atoms with Crippen LogP contribution in [0.15, 0.2) is 0 Å². The zero-order chi connectivity index (χ0) is 12.5. The largest absolute Gasteiger partial charge is 0.480 e. The van der Waals surface area contributed by atoms with Crippen molar-refractivity contribution in [3.05, 3.63) is 0 Å². The van der Waals surface area contributed by atoms with Crippen LogP contribution in [-0.2, 0) is 4.79 Å². The Morgan fingerprint density at radius 3 is 2.56 bits per heavy atom. The van der Waals surface area contributed by atoms with Gasteiger partial charge in [-0.2, -0.15) is 12.6 Å². The molecule has 5 N–H and O–H groups in total. The molecule has 1 fully saturated rings. The van der Waals surface area contributed by atoms with Gasteiger partial charge in [-0.15, -0.1) is 0 Å². The zero-order valence-electron chi connectivity index (χ0n) is 9.15. The molecule has 1 rings (SSSR count). The highest BCUT2D eigenvalue weighted by Gasteiger charge is 2.40. The van der Waals surface area contributed by atoms with Crippen molar-refractivity contribution in [1.29, 1.82) is 0 Å². The van der Waals surface area contributed by atoms with Crippen LogP contribution in [0.25, 0.3) is 0 Å². The van der Waals surface area contributed by atoms with E-state index in [4.69, 9.17) is 10.8 Å². The molecule has 1 saturated carbocycles. The summed E-state index contributed by atoms with van der Waals surface area (Å²) >= 11 is 4.24. The van der Waals surface area contributed by atoms with E-state index in [1.54, 1.807) is 6.92 Å². The molecular formula is C10H19NO4S. The Labute approximate surface area is 100 Å². The molecule has 0 aliphatic heterocycles. The van der Waals surface area contributed by atoms with Crippen molar-refractivity contribution < 1.29 is 20.1 Å². The summed E-state index contributed by atoms with van der Waals surface area (Å²) in [5.41, 5.74) is 5.44. The summed E-state index contributed by atoms with van der Waals surface area (Å²) in [6.07, 6.45) is -0.680. The predicted molar refractivity (Wildman–Crippen MR) is 62.3 cm³/mol. The Bertz CT molecular complexity index is 263. The zero-order valence-corrected chi connectivity index (χ0v) is 10.0. The van der Waals surface area contributed by atoms with Crippen molar-refractivity contribution in [3.8, 4) is 0 Å². The molecule has 6 heteroatoms. The van der Waals surface area contributed by atoms with Gasteiger partial charge < -0.3 is 21.1 Å². The Morgan fingerprint density at radius 1 is 1.50 bits per heavy atom. The Kier molecular flexibility index (Phi) is 4.61. The fourth-order valence-electron chi connectivity index (χ4n) is 2.23. The second kappa shape index (κ2) is 5.35. The lowest BCUT2D eigenvalue weighted by molar-refractivity contribution is -0.139. The number of hydrogen-bond acceptors (Lipinski definition) is 5. The molecule has 0 amide bonds. The first-order valence-corrected chi connectivity index (χ1v) is 5.88. The van der Waals surface area contributed by atoms with Crippen LogP contribution in [-0.4, -0.2) is 44.8 Å². The maximum absolute atomic E-state index is 10.6. The van der Waals surface area contributed by atoms with E-state index >= 15 is 0 Å². The second-order valence-electron chi connectivity index (χ2n) is 4.58. The van der Waals surface area contributed by atoms with E-state index < -0.39 is 24.2 Å². The van der Waals surface area contributed by atoms with E-state index in [9.17, 15) is 15.0 Å². The summed E-state index contributed by atoms with van der Waals surface area (Å²) < 4.78 is 0. The van der Waals surface area contributed by atoms with Gasteiger partial charge in [-0.3, -0.25) is 4.79 Å². The highest BCUT2D eigenvalue weighted by Crippen LogP contribution is 2.34. The molecule has 0 heterocycles. The van der Waals surface area contributed by atoms with Gasteiger partial charge >= 0.3 is 5.97 Å². The summed E-state index contributed by atoms with van der Waals surface area (Å²) in [5, 5.41) is 28.1. The molecule has 0 saturated heterocycles. The molecule has 6 atom stereocenters. The van der Waals surface area contributed by atoms with E-state index in [2.05, 4.69) is 12.6 Å². The van der Waals surface area contributed by atoms with Gasteiger partial charge in [0, 0.05) is 11.2 Å². The first-order chi connectivity index (χ1) is 7.34. The summed E-state index contributed by atoms with van der Waals surface area (Å²) in [7, 11) is 0. The average Bonchev–Trinajstić information content (AvgIpc) is 2.22. The highest BCUT2D eigenvalue weighted by atomic mass is 32.1. The van der Waals surface area contributed by atoms with Crippen LogP contribution in [0.1, 0.15) is 19.8 Å².